The number of furan rings is 1. The van der Waals surface area contributed by atoms with Gasteiger partial charge in [-0.3, -0.25) is 14.4 Å². The first kappa shape index (κ1) is 21.0. The summed E-state index contributed by atoms with van der Waals surface area (Å²) in [4.78, 5) is 39.6. The normalized spacial score (nSPS) is 26.6. The number of nitrogens with one attached hydrogen (secondary N) is 1. The smallest absolute Gasteiger partial charge is 0.250 e. The maximum atomic E-state index is 12.9. The minimum Gasteiger partial charge on any atom is -0.469 e. The van der Waals surface area contributed by atoms with Gasteiger partial charge in [-0.25, -0.2) is 0 Å². The zero-order valence-electron chi connectivity index (χ0n) is 18.4. The van der Waals surface area contributed by atoms with Crippen molar-refractivity contribution in [2.75, 3.05) is 13.1 Å². The number of hydrogen-bond donors (Lipinski definition) is 1. The minimum atomic E-state index is -0.0382. The fourth-order valence-corrected chi connectivity index (χ4v) is 5.92. The summed E-state index contributed by atoms with van der Waals surface area (Å²) in [5, 5.41) is 3.17. The summed E-state index contributed by atoms with van der Waals surface area (Å²) < 4.78 is 7.34. The third-order valence-electron chi connectivity index (χ3n) is 7.45. The van der Waals surface area contributed by atoms with Crippen LogP contribution < -0.4 is 10.9 Å². The number of rotatable bonds is 6. The van der Waals surface area contributed by atoms with E-state index in [9.17, 15) is 14.4 Å². The van der Waals surface area contributed by atoms with Crippen LogP contribution in [0.4, 0.5) is 0 Å². The molecule has 170 valence electrons. The van der Waals surface area contributed by atoms with Gasteiger partial charge in [0.25, 0.3) is 5.56 Å². The molecule has 0 radical (unpaired) electrons. The lowest BCUT2D eigenvalue weighted by Gasteiger charge is -2.42. The van der Waals surface area contributed by atoms with Crippen LogP contribution in [0.15, 0.2) is 45.8 Å². The van der Waals surface area contributed by atoms with Gasteiger partial charge in [-0.15, -0.1) is 0 Å². The second-order valence-corrected chi connectivity index (χ2v) is 9.65. The largest absolute Gasteiger partial charge is 0.469 e. The quantitative estimate of drug-likeness (QED) is 0.753. The van der Waals surface area contributed by atoms with Crippen LogP contribution in [-0.2, 0) is 22.6 Å². The molecule has 1 saturated carbocycles. The molecule has 2 amide bonds. The number of carbonyl (C=O) groups is 2. The van der Waals surface area contributed by atoms with Crippen molar-refractivity contribution in [3.8, 4) is 0 Å². The molecule has 1 saturated heterocycles. The zero-order chi connectivity index (χ0) is 22.1. The van der Waals surface area contributed by atoms with Crippen LogP contribution in [-0.4, -0.2) is 40.4 Å². The molecule has 0 unspecified atom stereocenters. The number of likely N-dealkylation sites (tertiary alicyclic amines) is 1. The molecular weight excluding hydrogens is 406 g/mol. The monoisotopic (exact) mass is 437 g/mol. The van der Waals surface area contributed by atoms with Crippen molar-refractivity contribution in [2.24, 2.45) is 11.8 Å². The van der Waals surface area contributed by atoms with E-state index in [0.717, 1.165) is 43.6 Å². The summed E-state index contributed by atoms with van der Waals surface area (Å²) in [7, 11) is 0. The fourth-order valence-electron chi connectivity index (χ4n) is 5.92. The van der Waals surface area contributed by atoms with E-state index in [1.807, 2.05) is 33.7 Å². The van der Waals surface area contributed by atoms with Crippen molar-refractivity contribution in [1.29, 1.82) is 0 Å². The van der Waals surface area contributed by atoms with Gasteiger partial charge < -0.3 is 19.2 Å². The van der Waals surface area contributed by atoms with Crippen LogP contribution in [0.5, 0.6) is 0 Å². The summed E-state index contributed by atoms with van der Waals surface area (Å²) >= 11 is 0. The maximum absolute atomic E-state index is 12.9. The number of hydrogen-bond acceptors (Lipinski definition) is 4. The molecule has 4 atom stereocenters. The Morgan fingerprint density at radius 3 is 2.81 bits per heavy atom. The Morgan fingerprint density at radius 1 is 1.06 bits per heavy atom. The van der Waals surface area contributed by atoms with Crippen LogP contribution in [0.3, 0.4) is 0 Å². The highest BCUT2D eigenvalue weighted by atomic mass is 16.3. The van der Waals surface area contributed by atoms with Crippen LogP contribution in [0.1, 0.15) is 55.9 Å². The standard InChI is InChI=1S/C25H31N3O4/c29-23(26-21-6-1-4-18(21)13-20-5-3-11-32-20)9-10-24(30)27-14-17-12-19(16-27)22-7-2-8-25(31)28(22)15-17/h2-3,5,7-8,11,17-19,21H,1,4,6,9-10,12-16H2,(H,26,29)/t17-,18-,19+,21+/m1/s1. The average Bonchev–Trinajstić information content (AvgIpc) is 3.45. The Kier molecular flexibility index (Phi) is 5.89. The molecule has 2 fully saturated rings. The predicted octanol–water partition coefficient (Wildman–Crippen LogP) is 2.69. The maximum Gasteiger partial charge on any atom is 0.250 e. The van der Waals surface area contributed by atoms with E-state index < -0.39 is 0 Å². The summed E-state index contributed by atoms with van der Waals surface area (Å²) in [5.41, 5.74) is 1.08. The molecule has 1 aliphatic carbocycles. The first-order valence-corrected chi connectivity index (χ1v) is 11.9. The van der Waals surface area contributed by atoms with Crippen molar-refractivity contribution in [3.63, 3.8) is 0 Å². The molecule has 32 heavy (non-hydrogen) atoms. The van der Waals surface area contributed by atoms with E-state index in [-0.39, 0.29) is 42.2 Å². The highest BCUT2D eigenvalue weighted by Crippen LogP contribution is 2.35. The first-order chi connectivity index (χ1) is 15.6. The van der Waals surface area contributed by atoms with Crippen molar-refractivity contribution in [3.05, 3.63) is 58.4 Å². The third kappa shape index (κ3) is 4.38. The number of piperidine rings is 1. The molecule has 2 aromatic rings. The molecule has 4 heterocycles. The van der Waals surface area contributed by atoms with E-state index in [1.54, 1.807) is 12.3 Å². The van der Waals surface area contributed by atoms with E-state index >= 15 is 0 Å². The molecule has 2 aliphatic heterocycles. The summed E-state index contributed by atoms with van der Waals surface area (Å²) in [6, 6.07) is 9.46. The lowest BCUT2D eigenvalue weighted by atomic mass is 9.83. The van der Waals surface area contributed by atoms with E-state index in [1.165, 1.54) is 0 Å². The van der Waals surface area contributed by atoms with Crippen molar-refractivity contribution >= 4 is 11.8 Å². The molecule has 0 aromatic carbocycles. The highest BCUT2D eigenvalue weighted by molar-refractivity contribution is 5.84. The Balaban J connectivity index is 1.13. The molecule has 5 rings (SSSR count). The number of carbonyl (C=O) groups excluding carboxylic acids is 2. The topological polar surface area (TPSA) is 84.5 Å². The number of aromatic nitrogens is 1. The first-order valence-electron chi connectivity index (χ1n) is 11.9. The lowest BCUT2D eigenvalue weighted by Crippen LogP contribution is -2.49. The molecule has 7 heteroatoms. The number of pyridine rings is 1. The Morgan fingerprint density at radius 2 is 1.97 bits per heavy atom. The highest BCUT2D eigenvalue weighted by Gasteiger charge is 2.36. The van der Waals surface area contributed by atoms with Gasteiger partial charge >= 0.3 is 0 Å². The van der Waals surface area contributed by atoms with Gasteiger partial charge in [0, 0.05) is 62.6 Å². The van der Waals surface area contributed by atoms with E-state index in [0.29, 0.717) is 31.5 Å². The van der Waals surface area contributed by atoms with Gasteiger partial charge in [-0.05, 0) is 49.3 Å². The number of nitrogens with zero attached hydrogens (tertiary/aromatic N) is 2. The van der Waals surface area contributed by atoms with Gasteiger partial charge in [0.1, 0.15) is 5.76 Å². The predicted molar refractivity (Wildman–Crippen MR) is 119 cm³/mol. The van der Waals surface area contributed by atoms with Crippen LogP contribution in [0, 0.1) is 11.8 Å². The molecule has 2 aromatic heterocycles. The summed E-state index contributed by atoms with van der Waals surface area (Å²) in [6.07, 6.45) is 7.20. The van der Waals surface area contributed by atoms with Gasteiger partial charge in [0.15, 0.2) is 0 Å². The van der Waals surface area contributed by atoms with Gasteiger partial charge in [-0.2, -0.15) is 0 Å². The number of amides is 2. The molecule has 1 N–H and O–H groups in total. The van der Waals surface area contributed by atoms with Crippen molar-refractivity contribution < 1.29 is 14.0 Å². The second-order valence-electron chi connectivity index (χ2n) is 9.65. The van der Waals surface area contributed by atoms with Crippen molar-refractivity contribution in [2.45, 2.75) is 63.5 Å². The molecular formula is C25H31N3O4. The van der Waals surface area contributed by atoms with Crippen LogP contribution in [0.2, 0.25) is 0 Å². The Hall–Kier alpha value is -2.83. The summed E-state index contributed by atoms with van der Waals surface area (Å²) in [5.74, 6) is 1.87. The average molecular weight is 438 g/mol. The lowest BCUT2D eigenvalue weighted by molar-refractivity contribution is -0.136. The molecule has 3 aliphatic rings. The van der Waals surface area contributed by atoms with Crippen LogP contribution >= 0.6 is 0 Å². The van der Waals surface area contributed by atoms with Gasteiger partial charge in [-0.1, -0.05) is 12.5 Å². The van der Waals surface area contributed by atoms with E-state index in [2.05, 4.69) is 5.32 Å². The minimum absolute atomic E-state index is 0.0382. The SMILES string of the molecule is O=C(CCC(=O)N1C[C@H]2C[C@@H](C1)c1cccc(=O)n1C2)N[C@H]1CCC[C@@H]1Cc1ccco1. The Bertz CT molecular complexity index is 1030. The van der Waals surface area contributed by atoms with Crippen LogP contribution in [0.25, 0.3) is 0 Å². The second kappa shape index (κ2) is 8.96. The fraction of sp³-hybridized carbons (Fsp3) is 0.560. The van der Waals surface area contributed by atoms with E-state index in [4.69, 9.17) is 4.42 Å². The molecule has 2 bridgehead atoms. The summed E-state index contributed by atoms with van der Waals surface area (Å²) in [6.45, 7) is 1.98. The van der Waals surface area contributed by atoms with Gasteiger partial charge in [0.2, 0.25) is 11.8 Å². The van der Waals surface area contributed by atoms with Gasteiger partial charge in [0.05, 0.1) is 6.26 Å². The zero-order valence-corrected chi connectivity index (χ0v) is 18.4. The molecule has 7 nitrogen and oxygen atoms in total. The molecule has 0 spiro atoms. The van der Waals surface area contributed by atoms with Crippen molar-refractivity contribution in [1.82, 2.24) is 14.8 Å². The number of fused-ring (bicyclic) bond motifs is 4. The third-order valence-corrected chi connectivity index (χ3v) is 7.45. The Labute approximate surface area is 187 Å².